The molecule has 0 radical (unpaired) electrons. The Bertz CT molecular complexity index is 470. The summed E-state index contributed by atoms with van der Waals surface area (Å²) < 4.78 is 0. The van der Waals surface area contributed by atoms with Crippen LogP contribution in [0.5, 0.6) is 0 Å². The van der Waals surface area contributed by atoms with Gasteiger partial charge in [0.2, 0.25) is 0 Å². The molecule has 136 valence electrons. The summed E-state index contributed by atoms with van der Waals surface area (Å²) in [6, 6.07) is 0. The first-order valence-corrected chi connectivity index (χ1v) is 8.53. The fourth-order valence-corrected chi connectivity index (χ4v) is 2.26. The van der Waals surface area contributed by atoms with Crippen LogP contribution in [0, 0.1) is 0 Å². The largest absolute Gasteiger partial charge is 0.392 e. The van der Waals surface area contributed by atoms with Crippen molar-refractivity contribution in [1.29, 1.82) is 0 Å². The number of aliphatic hydroxyl groups is 3. The number of hydrogen-bond donors (Lipinski definition) is 3. The van der Waals surface area contributed by atoms with E-state index in [0.717, 1.165) is 55.1 Å². The monoisotopic (exact) mass is 336 g/mol. The van der Waals surface area contributed by atoms with E-state index < -0.39 is 0 Å². The Hall–Kier alpha value is -1.49. The second-order valence-electron chi connectivity index (χ2n) is 5.96. The smallest absolute Gasteiger partial charge is 0.145 e. The standard InChI is InChI=1S/C20H32O4/c1-17(6-3-8-18(2)14-22)7-4-9-19(15-23)10-5-11-20(16-24)12-13-21/h7-8,10,12,14,21,23-24H,3-6,9,11,13,15-16H2,1-2H3. The summed E-state index contributed by atoms with van der Waals surface area (Å²) in [6.45, 7) is 3.84. The van der Waals surface area contributed by atoms with E-state index in [4.69, 9.17) is 10.2 Å². The highest BCUT2D eigenvalue weighted by atomic mass is 16.3. The van der Waals surface area contributed by atoms with Crippen LogP contribution in [0.1, 0.15) is 52.4 Å². The summed E-state index contributed by atoms with van der Waals surface area (Å²) in [7, 11) is 0. The number of rotatable bonds is 13. The zero-order valence-electron chi connectivity index (χ0n) is 15.0. The zero-order chi connectivity index (χ0) is 18.2. The number of hydrogen-bond acceptors (Lipinski definition) is 4. The van der Waals surface area contributed by atoms with E-state index in [2.05, 4.69) is 13.0 Å². The molecule has 0 bridgehead atoms. The molecule has 0 heterocycles. The van der Waals surface area contributed by atoms with Crippen LogP contribution in [0.4, 0.5) is 0 Å². The molecular formula is C20H32O4. The van der Waals surface area contributed by atoms with Crippen molar-refractivity contribution in [1.82, 2.24) is 0 Å². The van der Waals surface area contributed by atoms with Crippen LogP contribution < -0.4 is 0 Å². The van der Waals surface area contributed by atoms with Gasteiger partial charge in [0.1, 0.15) is 6.29 Å². The van der Waals surface area contributed by atoms with Crippen LogP contribution in [-0.2, 0) is 4.79 Å². The molecule has 3 N–H and O–H groups in total. The number of aldehydes is 1. The SMILES string of the molecule is CC(C=O)=CCCC(C)=CCCC(=CCCC(=CCO)CO)CO. The lowest BCUT2D eigenvalue weighted by atomic mass is 10.0. The molecule has 0 aliphatic heterocycles. The highest BCUT2D eigenvalue weighted by Gasteiger charge is 1.98. The summed E-state index contributed by atoms with van der Waals surface area (Å²) in [6.07, 6.45) is 13.6. The van der Waals surface area contributed by atoms with Gasteiger partial charge >= 0.3 is 0 Å². The van der Waals surface area contributed by atoms with Gasteiger partial charge in [-0.05, 0) is 69.1 Å². The molecule has 0 aromatic rings. The lowest BCUT2D eigenvalue weighted by Gasteiger charge is -2.05. The Morgan fingerprint density at radius 2 is 1.29 bits per heavy atom. The third-order valence-electron chi connectivity index (χ3n) is 3.83. The Morgan fingerprint density at radius 3 is 1.83 bits per heavy atom. The molecule has 24 heavy (non-hydrogen) atoms. The molecular weight excluding hydrogens is 304 g/mol. The lowest BCUT2D eigenvalue weighted by molar-refractivity contribution is -0.104. The normalized spacial score (nSPS) is 14.2. The van der Waals surface area contributed by atoms with E-state index in [-0.39, 0.29) is 19.8 Å². The zero-order valence-corrected chi connectivity index (χ0v) is 15.0. The highest BCUT2D eigenvalue weighted by molar-refractivity contribution is 5.71. The third-order valence-corrected chi connectivity index (χ3v) is 3.83. The van der Waals surface area contributed by atoms with Crippen molar-refractivity contribution in [2.75, 3.05) is 19.8 Å². The first-order valence-electron chi connectivity index (χ1n) is 8.53. The van der Waals surface area contributed by atoms with Crippen LogP contribution in [0.2, 0.25) is 0 Å². The minimum atomic E-state index is -0.0574. The van der Waals surface area contributed by atoms with Gasteiger partial charge in [-0.1, -0.05) is 29.9 Å². The fourth-order valence-electron chi connectivity index (χ4n) is 2.26. The Labute approximate surface area is 145 Å². The maximum absolute atomic E-state index is 10.5. The molecule has 4 nitrogen and oxygen atoms in total. The number of aliphatic hydroxyl groups excluding tert-OH is 3. The predicted molar refractivity (Wildman–Crippen MR) is 98.7 cm³/mol. The second-order valence-corrected chi connectivity index (χ2v) is 5.96. The summed E-state index contributed by atoms with van der Waals surface area (Å²) >= 11 is 0. The Morgan fingerprint density at radius 1 is 0.750 bits per heavy atom. The molecule has 0 aliphatic rings. The predicted octanol–water partition coefficient (Wildman–Crippen LogP) is 3.25. The van der Waals surface area contributed by atoms with Gasteiger partial charge in [0.25, 0.3) is 0 Å². The lowest BCUT2D eigenvalue weighted by Crippen LogP contribution is -1.94. The molecule has 0 aromatic heterocycles. The van der Waals surface area contributed by atoms with E-state index in [1.807, 2.05) is 19.1 Å². The first kappa shape index (κ1) is 22.5. The minimum Gasteiger partial charge on any atom is -0.392 e. The Kier molecular flexibility index (Phi) is 14.1. The van der Waals surface area contributed by atoms with Crippen molar-refractivity contribution in [3.05, 3.63) is 46.6 Å². The summed E-state index contributed by atoms with van der Waals surface area (Å²) in [5.74, 6) is 0. The quantitative estimate of drug-likeness (QED) is 0.274. The Balaban J connectivity index is 4.23. The number of allylic oxidation sites excluding steroid dienone is 5. The average Bonchev–Trinajstić information content (AvgIpc) is 2.59. The van der Waals surface area contributed by atoms with Crippen molar-refractivity contribution in [2.24, 2.45) is 0 Å². The van der Waals surface area contributed by atoms with Crippen molar-refractivity contribution in [3.8, 4) is 0 Å². The van der Waals surface area contributed by atoms with E-state index in [9.17, 15) is 9.90 Å². The van der Waals surface area contributed by atoms with E-state index in [1.54, 1.807) is 6.08 Å². The van der Waals surface area contributed by atoms with Crippen molar-refractivity contribution >= 4 is 6.29 Å². The van der Waals surface area contributed by atoms with Gasteiger partial charge in [0.05, 0.1) is 19.8 Å². The molecule has 0 unspecified atom stereocenters. The van der Waals surface area contributed by atoms with Crippen LogP contribution in [0.25, 0.3) is 0 Å². The van der Waals surface area contributed by atoms with Gasteiger partial charge in [0, 0.05) is 0 Å². The summed E-state index contributed by atoms with van der Waals surface area (Å²) in [4.78, 5) is 10.5. The molecule has 0 atom stereocenters. The van der Waals surface area contributed by atoms with Crippen molar-refractivity contribution < 1.29 is 20.1 Å². The van der Waals surface area contributed by atoms with Gasteiger partial charge in [-0.15, -0.1) is 0 Å². The molecule has 0 fully saturated rings. The van der Waals surface area contributed by atoms with Crippen molar-refractivity contribution in [3.63, 3.8) is 0 Å². The number of carbonyl (C=O) groups excluding carboxylic acids is 1. The summed E-state index contributed by atoms with van der Waals surface area (Å²) in [5.41, 5.74) is 3.87. The third kappa shape index (κ3) is 12.0. The fraction of sp³-hybridized carbons (Fsp3) is 0.550. The molecule has 0 rings (SSSR count). The van der Waals surface area contributed by atoms with Crippen LogP contribution >= 0.6 is 0 Å². The molecule has 0 aromatic carbocycles. The van der Waals surface area contributed by atoms with E-state index in [1.165, 1.54) is 5.57 Å². The van der Waals surface area contributed by atoms with Crippen LogP contribution in [-0.4, -0.2) is 41.4 Å². The topological polar surface area (TPSA) is 77.8 Å². The van der Waals surface area contributed by atoms with E-state index >= 15 is 0 Å². The van der Waals surface area contributed by atoms with Gasteiger partial charge in [-0.2, -0.15) is 0 Å². The van der Waals surface area contributed by atoms with Crippen LogP contribution in [0.15, 0.2) is 46.6 Å². The highest BCUT2D eigenvalue weighted by Crippen LogP contribution is 2.13. The maximum atomic E-state index is 10.5. The molecule has 0 amide bonds. The minimum absolute atomic E-state index is 0.0389. The van der Waals surface area contributed by atoms with Gasteiger partial charge < -0.3 is 15.3 Å². The average molecular weight is 336 g/mol. The molecule has 4 heteroatoms. The summed E-state index contributed by atoms with van der Waals surface area (Å²) in [5, 5.41) is 27.4. The maximum Gasteiger partial charge on any atom is 0.145 e. The molecule has 0 saturated carbocycles. The second kappa shape index (κ2) is 15.1. The first-order chi connectivity index (χ1) is 11.6. The molecule has 0 spiro atoms. The van der Waals surface area contributed by atoms with Gasteiger partial charge in [0.15, 0.2) is 0 Å². The van der Waals surface area contributed by atoms with Crippen molar-refractivity contribution in [2.45, 2.75) is 52.4 Å². The molecule has 0 aliphatic carbocycles. The number of carbonyl (C=O) groups is 1. The van der Waals surface area contributed by atoms with Crippen LogP contribution in [0.3, 0.4) is 0 Å². The van der Waals surface area contributed by atoms with Gasteiger partial charge in [-0.3, -0.25) is 4.79 Å². The molecule has 0 saturated heterocycles. The van der Waals surface area contributed by atoms with E-state index in [0.29, 0.717) is 6.42 Å². The van der Waals surface area contributed by atoms with Gasteiger partial charge in [-0.25, -0.2) is 0 Å².